The van der Waals surface area contributed by atoms with E-state index in [1.807, 2.05) is 0 Å². The molecule has 0 bridgehead atoms. The molecule has 1 aromatic rings. The lowest BCUT2D eigenvalue weighted by molar-refractivity contribution is -0.121. The summed E-state index contributed by atoms with van der Waals surface area (Å²) in [5, 5.41) is 2.71. The van der Waals surface area contributed by atoms with E-state index in [0.717, 1.165) is 11.1 Å². The van der Waals surface area contributed by atoms with Crippen molar-refractivity contribution >= 4 is 29.0 Å². The lowest BCUT2D eigenvalue weighted by atomic mass is 10.1. The predicted molar refractivity (Wildman–Crippen MR) is 77.4 cm³/mol. The van der Waals surface area contributed by atoms with Gasteiger partial charge in [-0.25, -0.2) is 0 Å². The third kappa shape index (κ3) is 5.48. The summed E-state index contributed by atoms with van der Waals surface area (Å²) in [6.45, 7) is 1.73. The standard InChI is InChI=1S/C13H17N3O2S/c1-8(6-11(14)17)16-12(18)7-9-2-4-10(5-3-9)13(15)19/h2-5,8H,6-7H2,1H3,(H2,14,17)(H2,15,19)(H,16,18). The molecule has 0 aromatic heterocycles. The number of amides is 2. The van der Waals surface area contributed by atoms with Crippen molar-refractivity contribution < 1.29 is 9.59 Å². The summed E-state index contributed by atoms with van der Waals surface area (Å²) >= 11 is 4.84. The fraction of sp³-hybridized carbons (Fsp3) is 0.308. The summed E-state index contributed by atoms with van der Waals surface area (Å²) in [5.74, 6) is -0.592. The fourth-order valence-electron chi connectivity index (χ4n) is 1.65. The van der Waals surface area contributed by atoms with Crippen molar-refractivity contribution in [3.8, 4) is 0 Å². The maximum atomic E-state index is 11.7. The first-order valence-corrected chi connectivity index (χ1v) is 6.25. The molecule has 2 amide bonds. The van der Waals surface area contributed by atoms with E-state index in [4.69, 9.17) is 23.7 Å². The van der Waals surface area contributed by atoms with Gasteiger partial charge in [-0.1, -0.05) is 36.5 Å². The first-order valence-electron chi connectivity index (χ1n) is 5.85. The van der Waals surface area contributed by atoms with Gasteiger partial charge < -0.3 is 16.8 Å². The van der Waals surface area contributed by atoms with Gasteiger partial charge >= 0.3 is 0 Å². The second-order valence-electron chi connectivity index (χ2n) is 4.38. The molecule has 0 spiro atoms. The number of hydrogen-bond donors (Lipinski definition) is 3. The Kier molecular flexibility index (Phi) is 5.44. The Morgan fingerprint density at radius 1 is 1.26 bits per heavy atom. The topological polar surface area (TPSA) is 98.2 Å². The first-order chi connectivity index (χ1) is 8.88. The van der Waals surface area contributed by atoms with Crippen molar-refractivity contribution in [3.63, 3.8) is 0 Å². The van der Waals surface area contributed by atoms with Gasteiger partial charge in [0.2, 0.25) is 11.8 Å². The molecule has 6 heteroatoms. The van der Waals surface area contributed by atoms with Crippen LogP contribution in [0.3, 0.4) is 0 Å². The molecule has 0 saturated carbocycles. The highest BCUT2D eigenvalue weighted by Gasteiger charge is 2.10. The Balaban J connectivity index is 2.52. The van der Waals surface area contributed by atoms with Crippen molar-refractivity contribution in [2.24, 2.45) is 11.5 Å². The van der Waals surface area contributed by atoms with Crippen LogP contribution < -0.4 is 16.8 Å². The van der Waals surface area contributed by atoms with Crippen molar-refractivity contribution in [2.75, 3.05) is 0 Å². The number of benzene rings is 1. The number of nitrogens with two attached hydrogens (primary N) is 2. The summed E-state index contributed by atoms with van der Waals surface area (Å²) in [5.41, 5.74) is 12.2. The summed E-state index contributed by atoms with van der Waals surface area (Å²) in [6.07, 6.45) is 0.368. The van der Waals surface area contributed by atoms with E-state index in [9.17, 15) is 9.59 Å². The van der Waals surface area contributed by atoms with Gasteiger partial charge in [0.05, 0.1) is 6.42 Å². The van der Waals surface area contributed by atoms with Gasteiger partial charge in [-0.2, -0.15) is 0 Å². The number of hydrogen-bond acceptors (Lipinski definition) is 3. The molecule has 1 atom stereocenters. The van der Waals surface area contributed by atoms with Crippen LogP contribution in [0, 0.1) is 0 Å². The van der Waals surface area contributed by atoms with Crippen molar-refractivity contribution in [1.82, 2.24) is 5.32 Å². The Morgan fingerprint density at radius 2 is 1.84 bits per heavy atom. The lowest BCUT2D eigenvalue weighted by Gasteiger charge is -2.12. The molecular formula is C13H17N3O2S. The van der Waals surface area contributed by atoms with Crippen LogP contribution in [-0.4, -0.2) is 22.8 Å². The molecule has 19 heavy (non-hydrogen) atoms. The Morgan fingerprint density at radius 3 is 2.32 bits per heavy atom. The number of thiocarbonyl (C=S) groups is 1. The van der Waals surface area contributed by atoms with Crippen LogP contribution in [0.1, 0.15) is 24.5 Å². The van der Waals surface area contributed by atoms with Gasteiger partial charge in [-0.15, -0.1) is 0 Å². The molecule has 1 unspecified atom stereocenters. The highest BCUT2D eigenvalue weighted by molar-refractivity contribution is 7.80. The predicted octanol–water partition coefficient (Wildman–Crippen LogP) is 0.243. The summed E-state index contributed by atoms with van der Waals surface area (Å²) in [7, 11) is 0. The molecule has 0 saturated heterocycles. The van der Waals surface area contributed by atoms with Gasteiger partial charge in [-0.3, -0.25) is 9.59 Å². The van der Waals surface area contributed by atoms with Crippen molar-refractivity contribution in [2.45, 2.75) is 25.8 Å². The van der Waals surface area contributed by atoms with Crippen molar-refractivity contribution in [3.05, 3.63) is 35.4 Å². The van der Waals surface area contributed by atoms with E-state index in [0.29, 0.717) is 4.99 Å². The normalized spacial score (nSPS) is 11.6. The molecule has 0 radical (unpaired) electrons. The van der Waals surface area contributed by atoms with E-state index < -0.39 is 5.91 Å². The van der Waals surface area contributed by atoms with Crippen LogP contribution in [0.2, 0.25) is 0 Å². The van der Waals surface area contributed by atoms with E-state index >= 15 is 0 Å². The molecule has 0 aliphatic heterocycles. The van der Waals surface area contributed by atoms with E-state index in [2.05, 4.69) is 5.32 Å². The molecule has 0 aliphatic carbocycles. The summed E-state index contributed by atoms with van der Waals surface area (Å²) in [6, 6.07) is 6.88. The minimum absolute atomic E-state index is 0.131. The van der Waals surface area contributed by atoms with Crippen LogP contribution in [0.15, 0.2) is 24.3 Å². The maximum Gasteiger partial charge on any atom is 0.224 e. The second-order valence-corrected chi connectivity index (χ2v) is 4.82. The van der Waals surface area contributed by atoms with E-state index in [-0.39, 0.29) is 24.8 Å². The third-order valence-electron chi connectivity index (χ3n) is 2.52. The number of nitrogens with one attached hydrogen (secondary N) is 1. The summed E-state index contributed by atoms with van der Waals surface area (Å²) < 4.78 is 0. The second kappa shape index (κ2) is 6.84. The fourth-order valence-corrected chi connectivity index (χ4v) is 1.79. The largest absolute Gasteiger partial charge is 0.389 e. The maximum absolute atomic E-state index is 11.7. The molecule has 0 fully saturated rings. The van der Waals surface area contributed by atoms with Crippen molar-refractivity contribution in [1.29, 1.82) is 0 Å². The molecule has 5 N–H and O–H groups in total. The molecule has 0 aliphatic rings. The smallest absolute Gasteiger partial charge is 0.224 e. The molecule has 0 heterocycles. The van der Waals surface area contributed by atoms with E-state index in [1.165, 1.54) is 0 Å². The average molecular weight is 279 g/mol. The van der Waals surface area contributed by atoms with Crippen LogP contribution in [0.5, 0.6) is 0 Å². The number of rotatable bonds is 6. The van der Waals surface area contributed by atoms with Crippen LogP contribution in [-0.2, 0) is 16.0 Å². The monoisotopic (exact) mass is 279 g/mol. The lowest BCUT2D eigenvalue weighted by Crippen LogP contribution is -2.36. The quantitative estimate of drug-likeness (QED) is 0.650. The van der Waals surface area contributed by atoms with Gasteiger partial charge in [-0.05, 0) is 12.5 Å². The number of primary amides is 1. The van der Waals surface area contributed by atoms with Crippen LogP contribution in [0.25, 0.3) is 0 Å². The zero-order chi connectivity index (χ0) is 14.4. The molecule has 1 rings (SSSR count). The highest BCUT2D eigenvalue weighted by Crippen LogP contribution is 2.05. The van der Waals surface area contributed by atoms with E-state index in [1.54, 1.807) is 31.2 Å². The zero-order valence-electron chi connectivity index (χ0n) is 10.7. The highest BCUT2D eigenvalue weighted by atomic mass is 32.1. The Hall–Kier alpha value is -1.95. The molecule has 102 valence electrons. The third-order valence-corrected chi connectivity index (χ3v) is 2.75. The molecule has 5 nitrogen and oxygen atoms in total. The van der Waals surface area contributed by atoms with Crippen LogP contribution >= 0.6 is 12.2 Å². The number of carbonyl (C=O) groups excluding carboxylic acids is 2. The SMILES string of the molecule is CC(CC(N)=O)NC(=O)Cc1ccc(C(N)=S)cc1. The minimum atomic E-state index is -0.436. The first kappa shape index (κ1) is 15.1. The summed E-state index contributed by atoms with van der Waals surface area (Å²) in [4.78, 5) is 22.7. The van der Waals surface area contributed by atoms with Gasteiger partial charge in [0.15, 0.2) is 0 Å². The number of carbonyl (C=O) groups is 2. The zero-order valence-corrected chi connectivity index (χ0v) is 11.5. The Labute approximate surface area is 117 Å². The van der Waals surface area contributed by atoms with Crippen LogP contribution in [0.4, 0.5) is 0 Å². The molecular weight excluding hydrogens is 262 g/mol. The van der Waals surface area contributed by atoms with Gasteiger partial charge in [0, 0.05) is 18.0 Å². The minimum Gasteiger partial charge on any atom is -0.389 e. The average Bonchev–Trinajstić information content (AvgIpc) is 2.27. The Bertz CT molecular complexity index is 485. The van der Waals surface area contributed by atoms with Gasteiger partial charge in [0.1, 0.15) is 4.99 Å². The van der Waals surface area contributed by atoms with Gasteiger partial charge in [0.25, 0.3) is 0 Å². The molecule has 1 aromatic carbocycles.